The topological polar surface area (TPSA) is 59.0 Å². The largest absolute Gasteiger partial charge is 0.320 e. The van der Waals surface area contributed by atoms with Crippen LogP contribution >= 0.6 is 11.0 Å². The van der Waals surface area contributed by atoms with Crippen LogP contribution in [0.1, 0.15) is 12.8 Å². The Labute approximate surface area is 151 Å². The van der Waals surface area contributed by atoms with Gasteiger partial charge in [-0.15, -0.1) is 0 Å². The minimum absolute atomic E-state index is 0.255. The Morgan fingerprint density at radius 1 is 1.00 bits per heavy atom. The molecule has 9 heteroatoms. The number of anilines is 3. The lowest BCUT2D eigenvalue weighted by Crippen LogP contribution is -2.33. The van der Waals surface area contributed by atoms with E-state index in [0.29, 0.717) is 30.8 Å². The molecular formula is C17H20F3N3O2S. The first kappa shape index (κ1) is 18.8. The number of unbranched alkanes of at least 4 members (excludes halogenated alkanes) is 1. The summed E-state index contributed by atoms with van der Waals surface area (Å²) in [6.45, 7) is 1.06. The summed E-state index contributed by atoms with van der Waals surface area (Å²) in [6.07, 6.45) is 1.44. The number of para-hydroxylation sites is 2. The van der Waals surface area contributed by atoms with Gasteiger partial charge in [0.1, 0.15) is 11.5 Å². The van der Waals surface area contributed by atoms with Gasteiger partial charge in [-0.3, -0.25) is 13.4 Å². The Bertz CT molecular complexity index is 784. The van der Waals surface area contributed by atoms with E-state index in [1.807, 2.05) is 7.05 Å². The summed E-state index contributed by atoms with van der Waals surface area (Å²) in [5.74, 6) is -3.47. The summed E-state index contributed by atoms with van der Waals surface area (Å²) in [5.41, 5.74) is 0.0298. The smallest absolute Gasteiger partial charge is 0.154 e. The first-order valence-electron chi connectivity index (χ1n) is 8.12. The molecule has 0 aromatic heterocycles. The SMILES string of the molecule is CNCCCCN1c2ccccc2N(c2c(F)cc(F)cc2F)S1(O)O. The van der Waals surface area contributed by atoms with E-state index in [2.05, 4.69) is 5.32 Å². The molecule has 1 aliphatic rings. The zero-order valence-electron chi connectivity index (χ0n) is 14.1. The molecule has 1 aliphatic heterocycles. The Hall–Kier alpha value is -1.94. The second-order valence-corrected chi connectivity index (χ2v) is 7.69. The summed E-state index contributed by atoms with van der Waals surface area (Å²) in [7, 11) is -1.92. The number of hydrogen-bond acceptors (Lipinski definition) is 5. The van der Waals surface area contributed by atoms with Crippen molar-refractivity contribution in [2.24, 2.45) is 0 Å². The predicted molar refractivity (Wildman–Crippen MR) is 98.3 cm³/mol. The summed E-state index contributed by atoms with van der Waals surface area (Å²) < 4.78 is 65.7. The van der Waals surface area contributed by atoms with E-state index in [1.165, 1.54) is 4.31 Å². The van der Waals surface area contributed by atoms with Crippen molar-refractivity contribution in [2.45, 2.75) is 12.8 Å². The summed E-state index contributed by atoms with van der Waals surface area (Å²) in [5, 5.41) is 3.01. The zero-order chi connectivity index (χ0) is 18.9. The number of nitrogens with zero attached hydrogens (tertiary/aromatic N) is 2. The third-order valence-corrected chi connectivity index (χ3v) is 5.97. The van der Waals surface area contributed by atoms with Crippen LogP contribution in [0.5, 0.6) is 0 Å². The molecule has 2 aromatic carbocycles. The van der Waals surface area contributed by atoms with Crippen LogP contribution in [0.4, 0.5) is 30.2 Å². The van der Waals surface area contributed by atoms with Crippen molar-refractivity contribution < 1.29 is 22.3 Å². The fourth-order valence-corrected chi connectivity index (χ4v) is 4.81. The van der Waals surface area contributed by atoms with Gasteiger partial charge in [0.15, 0.2) is 11.6 Å². The van der Waals surface area contributed by atoms with E-state index in [1.54, 1.807) is 24.3 Å². The maximum atomic E-state index is 14.3. The number of rotatable bonds is 6. The molecule has 0 atom stereocenters. The highest BCUT2D eigenvalue weighted by Gasteiger charge is 2.43. The molecule has 0 bridgehead atoms. The standard InChI is InChI=1S/C17H20F3N3O2S/c1-21-8-4-5-9-22-15-6-2-3-7-16(15)23(26(22,24)25)17-13(19)10-12(18)11-14(17)20/h2-3,6-7,10-11,21,24-25H,4-5,8-9H2,1H3. The zero-order valence-corrected chi connectivity index (χ0v) is 14.9. The Kier molecular flexibility index (Phi) is 5.33. The van der Waals surface area contributed by atoms with Gasteiger partial charge in [0, 0.05) is 18.7 Å². The van der Waals surface area contributed by atoms with Gasteiger partial charge in [0.25, 0.3) is 0 Å². The van der Waals surface area contributed by atoms with Gasteiger partial charge in [-0.05, 0) is 49.5 Å². The molecule has 0 saturated heterocycles. The third-order valence-electron chi connectivity index (χ3n) is 4.13. The van der Waals surface area contributed by atoms with Crippen molar-refractivity contribution in [3.8, 4) is 0 Å². The Balaban J connectivity index is 2.04. The minimum Gasteiger partial charge on any atom is -0.320 e. The normalized spacial score (nSPS) is 16.7. The molecule has 5 nitrogen and oxygen atoms in total. The van der Waals surface area contributed by atoms with E-state index >= 15 is 0 Å². The van der Waals surface area contributed by atoms with Crippen LogP contribution in [0.25, 0.3) is 0 Å². The lowest BCUT2D eigenvalue weighted by molar-refractivity contribution is 0.479. The molecule has 0 fully saturated rings. The van der Waals surface area contributed by atoms with Crippen LogP contribution in [-0.2, 0) is 0 Å². The number of hydrogen-bond donors (Lipinski definition) is 3. The van der Waals surface area contributed by atoms with Crippen LogP contribution in [0.3, 0.4) is 0 Å². The van der Waals surface area contributed by atoms with Crippen molar-refractivity contribution in [3.63, 3.8) is 0 Å². The molecule has 142 valence electrons. The van der Waals surface area contributed by atoms with Crippen molar-refractivity contribution in [1.82, 2.24) is 5.32 Å². The highest BCUT2D eigenvalue weighted by Crippen LogP contribution is 2.64. The van der Waals surface area contributed by atoms with Crippen LogP contribution in [0.2, 0.25) is 0 Å². The molecule has 0 aliphatic carbocycles. The fourth-order valence-electron chi connectivity index (χ4n) is 2.98. The van der Waals surface area contributed by atoms with E-state index in [9.17, 15) is 22.3 Å². The first-order valence-corrected chi connectivity index (χ1v) is 9.58. The van der Waals surface area contributed by atoms with Gasteiger partial charge in [-0.1, -0.05) is 12.1 Å². The minimum atomic E-state index is -3.74. The molecule has 0 saturated carbocycles. The molecule has 0 spiro atoms. The van der Waals surface area contributed by atoms with Crippen LogP contribution in [0.15, 0.2) is 36.4 Å². The summed E-state index contributed by atoms with van der Waals surface area (Å²) in [4.78, 5) is 0. The van der Waals surface area contributed by atoms with Crippen LogP contribution in [0, 0.1) is 17.5 Å². The second kappa shape index (κ2) is 7.36. The first-order chi connectivity index (χ1) is 12.4. The number of halogens is 3. The molecule has 0 radical (unpaired) electrons. The highest BCUT2D eigenvalue weighted by molar-refractivity contribution is 8.27. The number of benzene rings is 2. The summed E-state index contributed by atoms with van der Waals surface area (Å²) in [6, 6.07) is 7.57. The van der Waals surface area contributed by atoms with Gasteiger partial charge < -0.3 is 5.32 Å². The fraction of sp³-hybridized carbons (Fsp3) is 0.294. The molecule has 0 amide bonds. The van der Waals surface area contributed by atoms with E-state index in [-0.39, 0.29) is 5.69 Å². The molecule has 2 aromatic rings. The van der Waals surface area contributed by atoms with Crippen molar-refractivity contribution in [1.29, 1.82) is 0 Å². The van der Waals surface area contributed by atoms with Gasteiger partial charge in [0.2, 0.25) is 0 Å². The number of fused-ring (bicyclic) bond motifs is 1. The summed E-state index contributed by atoms with van der Waals surface area (Å²) >= 11 is 0. The maximum Gasteiger partial charge on any atom is 0.154 e. The van der Waals surface area contributed by atoms with E-state index < -0.39 is 34.1 Å². The maximum absolute atomic E-state index is 14.3. The van der Waals surface area contributed by atoms with Gasteiger partial charge >= 0.3 is 0 Å². The highest BCUT2D eigenvalue weighted by atomic mass is 32.3. The number of nitrogens with one attached hydrogen (secondary N) is 1. The predicted octanol–water partition coefficient (Wildman–Crippen LogP) is 4.64. The van der Waals surface area contributed by atoms with Gasteiger partial charge in [-0.25, -0.2) is 17.5 Å². The van der Waals surface area contributed by atoms with Crippen LogP contribution < -0.4 is 13.9 Å². The Morgan fingerprint density at radius 2 is 1.62 bits per heavy atom. The monoisotopic (exact) mass is 387 g/mol. The lowest BCUT2D eigenvalue weighted by Gasteiger charge is -2.43. The van der Waals surface area contributed by atoms with E-state index in [4.69, 9.17) is 0 Å². The third kappa shape index (κ3) is 3.23. The molecule has 3 N–H and O–H groups in total. The molecule has 3 rings (SSSR count). The lowest BCUT2D eigenvalue weighted by atomic mass is 10.2. The average molecular weight is 387 g/mol. The second-order valence-electron chi connectivity index (χ2n) is 5.90. The van der Waals surface area contributed by atoms with Crippen molar-refractivity contribution in [2.75, 3.05) is 28.7 Å². The Morgan fingerprint density at radius 3 is 2.23 bits per heavy atom. The van der Waals surface area contributed by atoms with Crippen molar-refractivity contribution >= 4 is 28.0 Å². The molecule has 1 heterocycles. The van der Waals surface area contributed by atoms with E-state index in [0.717, 1.165) is 17.3 Å². The molecule has 26 heavy (non-hydrogen) atoms. The average Bonchev–Trinajstić information content (AvgIpc) is 2.79. The molecule has 0 unspecified atom stereocenters. The quantitative estimate of drug-likeness (QED) is 0.631. The van der Waals surface area contributed by atoms with Gasteiger partial charge in [-0.2, -0.15) is 0 Å². The molecular weight excluding hydrogens is 367 g/mol. The van der Waals surface area contributed by atoms with Crippen molar-refractivity contribution in [3.05, 3.63) is 53.8 Å². The van der Waals surface area contributed by atoms with Crippen LogP contribution in [-0.4, -0.2) is 29.2 Å². The van der Waals surface area contributed by atoms with Gasteiger partial charge in [0.05, 0.1) is 11.4 Å².